The Morgan fingerprint density at radius 2 is 1.69 bits per heavy atom. The summed E-state index contributed by atoms with van der Waals surface area (Å²) in [5, 5.41) is 6.94. The number of amides is 2. The third-order valence-corrected chi connectivity index (χ3v) is 8.14. The minimum absolute atomic E-state index is 0.0423. The van der Waals surface area contributed by atoms with Crippen LogP contribution in [0.3, 0.4) is 0 Å². The first-order valence-corrected chi connectivity index (χ1v) is 12.9. The highest BCUT2D eigenvalue weighted by molar-refractivity contribution is 5.94. The van der Waals surface area contributed by atoms with E-state index in [4.69, 9.17) is 0 Å². The van der Waals surface area contributed by atoms with Gasteiger partial charge in [-0.3, -0.25) is 9.59 Å². The van der Waals surface area contributed by atoms with E-state index in [-0.39, 0.29) is 35.9 Å². The molecule has 0 radical (unpaired) electrons. The first-order chi connectivity index (χ1) is 17.2. The third-order valence-electron chi connectivity index (χ3n) is 8.14. The topological polar surface area (TPSA) is 77.2 Å². The van der Waals surface area contributed by atoms with Gasteiger partial charge >= 0.3 is 0 Å². The zero-order chi connectivity index (χ0) is 23.8. The number of carbonyl (C=O) groups excluding carboxylic acids is 2. The summed E-state index contributed by atoms with van der Waals surface area (Å²) in [5.74, 6) is 0.223. The van der Waals surface area contributed by atoms with Gasteiger partial charge in [-0.05, 0) is 55.2 Å². The van der Waals surface area contributed by atoms with Crippen molar-refractivity contribution in [2.45, 2.75) is 50.2 Å². The number of hydrogen-bond donors (Lipinski definition) is 3. The molecule has 0 spiro atoms. The lowest BCUT2D eigenvalue weighted by atomic mass is 9.80. The quantitative estimate of drug-likeness (QED) is 0.501. The Morgan fingerprint density at radius 1 is 0.886 bits per heavy atom. The average Bonchev–Trinajstić information content (AvgIpc) is 3.60. The van der Waals surface area contributed by atoms with E-state index >= 15 is 0 Å². The molecule has 3 aliphatic rings. The van der Waals surface area contributed by atoms with Crippen molar-refractivity contribution in [3.63, 3.8) is 0 Å². The summed E-state index contributed by atoms with van der Waals surface area (Å²) in [6.45, 7) is 0.747. The second-order valence-electron chi connectivity index (χ2n) is 10.1. The van der Waals surface area contributed by atoms with Crippen LogP contribution in [0.2, 0.25) is 0 Å². The van der Waals surface area contributed by atoms with Gasteiger partial charge < -0.3 is 20.5 Å². The summed E-state index contributed by atoms with van der Waals surface area (Å²) in [6.07, 6.45) is 6.66. The van der Waals surface area contributed by atoms with E-state index in [9.17, 15) is 9.59 Å². The van der Waals surface area contributed by atoms with Crippen LogP contribution in [0.4, 0.5) is 5.69 Å². The molecule has 0 unspecified atom stereocenters. The largest absolute Gasteiger partial charge is 0.376 e. The fourth-order valence-corrected chi connectivity index (χ4v) is 6.47. The smallest absolute Gasteiger partial charge is 0.251 e. The van der Waals surface area contributed by atoms with Gasteiger partial charge in [0.25, 0.3) is 5.91 Å². The molecule has 1 saturated heterocycles. The van der Waals surface area contributed by atoms with Gasteiger partial charge in [0.15, 0.2) is 0 Å². The minimum Gasteiger partial charge on any atom is -0.376 e. The number of hydrogen-bond acceptors (Lipinski definition) is 3. The number of nitrogens with zero attached hydrogens (tertiary/aromatic N) is 1. The van der Waals surface area contributed by atoms with Crippen LogP contribution in [0.15, 0.2) is 72.9 Å². The SMILES string of the molecule is O=C(N[C@@H]1CCCC[C@@H]1C(=O)N1CC[C@H]2[C@@H](c3ccc[nH]3)Nc3ccccc3[C@H]21)c1ccccc1. The molecule has 1 aliphatic carbocycles. The Kier molecular flexibility index (Phi) is 5.80. The van der Waals surface area contributed by atoms with E-state index in [0.717, 1.165) is 50.0 Å². The summed E-state index contributed by atoms with van der Waals surface area (Å²) in [7, 11) is 0. The molecule has 2 aromatic carbocycles. The van der Waals surface area contributed by atoms with Crippen molar-refractivity contribution in [2.24, 2.45) is 11.8 Å². The molecule has 2 fully saturated rings. The van der Waals surface area contributed by atoms with E-state index in [2.05, 4.69) is 50.8 Å². The molecule has 180 valence electrons. The first-order valence-electron chi connectivity index (χ1n) is 12.9. The predicted molar refractivity (Wildman–Crippen MR) is 136 cm³/mol. The molecule has 6 nitrogen and oxygen atoms in total. The number of para-hydroxylation sites is 1. The number of likely N-dealkylation sites (tertiary alicyclic amines) is 1. The van der Waals surface area contributed by atoms with Crippen molar-refractivity contribution in [3.8, 4) is 0 Å². The molecule has 1 saturated carbocycles. The lowest BCUT2D eigenvalue weighted by Crippen LogP contribution is -2.50. The predicted octanol–water partition coefficient (Wildman–Crippen LogP) is 5.06. The standard InChI is InChI=1S/C29H32N4O2/c34-28(19-9-2-1-3-10-19)32-24-14-7-5-12-21(24)29(35)33-18-16-22-26(25-15-8-17-30-25)31-23-13-6-4-11-20(23)27(22)33/h1-4,6,8-11,13,15,17,21-22,24,26-27,30-31H,5,7,12,14,16,18H2,(H,32,34)/t21-,22-,24+,26-,27+/m0/s1. The third kappa shape index (κ3) is 4.01. The monoisotopic (exact) mass is 468 g/mol. The molecule has 3 N–H and O–H groups in total. The number of H-pyrrole nitrogens is 1. The number of benzene rings is 2. The number of anilines is 1. The molecule has 35 heavy (non-hydrogen) atoms. The highest BCUT2D eigenvalue weighted by atomic mass is 16.2. The van der Waals surface area contributed by atoms with Gasteiger partial charge in [0, 0.05) is 41.6 Å². The molecule has 1 aromatic heterocycles. The van der Waals surface area contributed by atoms with Crippen molar-refractivity contribution in [2.75, 3.05) is 11.9 Å². The number of aromatic amines is 1. The molecule has 2 amide bonds. The summed E-state index contributed by atoms with van der Waals surface area (Å²) < 4.78 is 0. The number of rotatable bonds is 4. The normalized spacial score (nSPS) is 27.4. The van der Waals surface area contributed by atoms with Crippen LogP contribution in [-0.2, 0) is 4.79 Å². The number of nitrogens with one attached hydrogen (secondary N) is 3. The van der Waals surface area contributed by atoms with Gasteiger partial charge in [-0.1, -0.05) is 49.2 Å². The van der Waals surface area contributed by atoms with Crippen LogP contribution in [0.25, 0.3) is 0 Å². The van der Waals surface area contributed by atoms with Gasteiger partial charge in [-0.15, -0.1) is 0 Å². The van der Waals surface area contributed by atoms with Crippen LogP contribution in [0.1, 0.15) is 65.8 Å². The first kappa shape index (κ1) is 22.0. The molecule has 0 bridgehead atoms. The fourth-order valence-electron chi connectivity index (χ4n) is 6.47. The van der Waals surface area contributed by atoms with Crippen molar-refractivity contribution in [1.29, 1.82) is 0 Å². The van der Waals surface area contributed by atoms with Crippen molar-refractivity contribution in [3.05, 3.63) is 89.7 Å². The molecule has 5 atom stereocenters. The number of carbonyl (C=O) groups is 2. The summed E-state index contributed by atoms with van der Waals surface area (Å²) in [6, 6.07) is 21.9. The number of aromatic nitrogens is 1. The van der Waals surface area contributed by atoms with E-state index in [0.29, 0.717) is 11.5 Å². The van der Waals surface area contributed by atoms with Gasteiger partial charge in [-0.25, -0.2) is 0 Å². The maximum atomic E-state index is 14.1. The van der Waals surface area contributed by atoms with Crippen LogP contribution in [0.5, 0.6) is 0 Å². The lowest BCUT2D eigenvalue weighted by Gasteiger charge is -2.41. The molecular weight excluding hydrogens is 436 g/mol. The molecule has 6 rings (SSSR count). The molecule has 6 heteroatoms. The maximum Gasteiger partial charge on any atom is 0.251 e. The Bertz CT molecular complexity index is 1190. The summed E-state index contributed by atoms with van der Waals surface area (Å²) in [4.78, 5) is 32.6. The average molecular weight is 469 g/mol. The lowest BCUT2D eigenvalue weighted by molar-refractivity contribution is -0.138. The second-order valence-corrected chi connectivity index (χ2v) is 10.1. The summed E-state index contributed by atoms with van der Waals surface area (Å²) >= 11 is 0. The Morgan fingerprint density at radius 3 is 2.51 bits per heavy atom. The second kappa shape index (κ2) is 9.25. The van der Waals surface area contributed by atoms with E-state index in [1.54, 1.807) is 0 Å². The van der Waals surface area contributed by atoms with E-state index < -0.39 is 0 Å². The van der Waals surface area contributed by atoms with Crippen LogP contribution in [-0.4, -0.2) is 34.3 Å². The van der Waals surface area contributed by atoms with Gasteiger partial charge in [0.1, 0.15) is 0 Å². The van der Waals surface area contributed by atoms with Crippen LogP contribution >= 0.6 is 0 Å². The fraction of sp³-hybridized carbons (Fsp3) is 0.379. The van der Waals surface area contributed by atoms with Gasteiger partial charge in [-0.2, -0.15) is 0 Å². The minimum atomic E-state index is -0.179. The van der Waals surface area contributed by atoms with Crippen LogP contribution < -0.4 is 10.6 Å². The number of fused-ring (bicyclic) bond motifs is 3. The Hall–Kier alpha value is -3.54. The zero-order valence-electron chi connectivity index (χ0n) is 19.8. The van der Waals surface area contributed by atoms with Crippen molar-refractivity contribution in [1.82, 2.24) is 15.2 Å². The molecule has 3 aromatic rings. The highest BCUT2D eigenvalue weighted by Crippen LogP contribution is 2.51. The maximum absolute atomic E-state index is 14.1. The van der Waals surface area contributed by atoms with Gasteiger partial charge in [0.05, 0.1) is 18.0 Å². The molecular formula is C29H32N4O2. The summed E-state index contributed by atoms with van der Waals surface area (Å²) in [5.41, 5.74) is 4.11. The Balaban J connectivity index is 1.27. The van der Waals surface area contributed by atoms with E-state index in [1.165, 1.54) is 5.56 Å². The highest BCUT2D eigenvalue weighted by Gasteiger charge is 2.48. The van der Waals surface area contributed by atoms with E-state index in [1.807, 2.05) is 42.6 Å². The molecule has 2 aliphatic heterocycles. The Labute approximate surface area is 206 Å². The van der Waals surface area contributed by atoms with Crippen molar-refractivity contribution >= 4 is 17.5 Å². The zero-order valence-corrected chi connectivity index (χ0v) is 19.8. The van der Waals surface area contributed by atoms with Crippen molar-refractivity contribution < 1.29 is 9.59 Å². The van der Waals surface area contributed by atoms with Crippen LogP contribution in [0, 0.1) is 11.8 Å². The van der Waals surface area contributed by atoms with Gasteiger partial charge in [0.2, 0.25) is 5.91 Å². The molecule has 3 heterocycles.